The van der Waals surface area contributed by atoms with E-state index in [-0.39, 0.29) is 6.09 Å². The second kappa shape index (κ2) is 10.9. The maximum Gasteiger partial charge on any atom is 0.415 e. The van der Waals surface area contributed by atoms with E-state index in [1.807, 2.05) is 12.3 Å². The van der Waals surface area contributed by atoms with Crippen LogP contribution in [0.15, 0.2) is 67.1 Å². The standard InChI is InChI=1S/C24H25ClN4O3/c25-20-5-10-23(27-18-20)31-21-6-8-22(9-7-21)32-24(30)29-15-13-28(14-16-29)12-2-4-19-3-1-11-26-17-19/h1,3,5-11,17-18H,2,4,12-16H2. The van der Waals surface area contributed by atoms with Crippen LogP contribution in [0.3, 0.4) is 0 Å². The summed E-state index contributed by atoms with van der Waals surface area (Å²) in [6, 6.07) is 14.4. The van der Waals surface area contributed by atoms with Gasteiger partial charge in [0.05, 0.1) is 5.02 Å². The van der Waals surface area contributed by atoms with Crippen molar-refractivity contribution in [2.75, 3.05) is 32.7 Å². The lowest BCUT2D eigenvalue weighted by Crippen LogP contribution is -2.49. The second-order valence-corrected chi connectivity index (χ2v) is 7.99. The number of carbonyl (C=O) groups excluding carboxylic acids is 1. The number of hydrogen-bond donors (Lipinski definition) is 0. The van der Waals surface area contributed by atoms with Crippen molar-refractivity contribution in [2.45, 2.75) is 12.8 Å². The minimum atomic E-state index is -0.326. The molecule has 1 fully saturated rings. The van der Waals surface area contributed by atoms with Crippen LogP contribution in [0, 0.1) is 0 Å². The fourth-order valence-electron chi connectivity index (χ4n) is 3.49. The summed E-state index contributed by atoms with van der Waals surface area (Å²) in [6.07, 6.45) is 7.01. The monoisotopic (exact) mass is 452 g/mol. The molecule has 0 radical (unpaired) electrons. The number of nitrogens with zero attached hydrogens (tertiary/aromatic N) is 4. The van der Waals surface area contributed by atoms with Gasteiger partial charge in [0, 0.05) is 50.8 Å². The first-order chi connectivity index (χ1) is 15.7. The first kappa shape index (κ1) is 22.0. The number of rotatable bonds is 7. The molecule has 0 aliphatic carbocycles. The molecule has 7 nitrogen and oxygen atoms in total. The van der Waals surface area contributed by atoms with Crippen LogP contribution in [0.1, 0.15) is 12.0 Å². The molecule has 4 rings (SSSR count). The third-order valence-electron chi connectivity index (χ3n) is 5.24. The number of piperazine rings is 1. The highest BCUT2D eigenvalue weighted by molar-refractivity contribution is 6.30. The van der Waals surface area contributed by atoms with Crippen LogP contribution in [-0.4, -0.2) is 58.6 Å². The molecule has 0 spiro atoms. The molecule has 1 aliphatic rings. The van der Waals surface area contributed by atoms with E-state index in [2.05, 4.69) is 20.9 Å². The number of aryl methyl sites for hydroxylation is 1. The molecule has 3 aromatic rings. The summed E-state index contributed by atoms with van der Waals surface area (Å²) in [7, 11) is 0. The minimum Gasteiger partial charge on any atom is -0.439 e. The van der Waals surface area contributed by atoms with Crippen LogP contribution in [0.5, 0.6) is 17.4 Å². The zero-order chi connectivity index (χ0) is 22.2. The fraction of sp³-hybridized carbons (Fsp3) is 0.292. The van der Waals surface area contributed by atoms with Gasteiger partial charge in [0.15, 0.2) is 0 Å². The predicted molar refractivity (Wildman–Crippen MR) is 122 cm³/mol. The second-order valence-electron chi connectivity index (χ2n) is 7.55. The van der Waals surface area contributed by atoms with Crippen LogP contribution in [-0.2, 0) is 6.42 Å². The SMILES string of the molecule is O=C(Oc1ccc(Oc2ccc(Cl)cn2)cc1)N1CCN(CCCc2cccnc2)CC1. The number of amides is 1. The Kier molecular flexibility index (Phi) is 7.53. The van der Waals surface area contributed by atoms with Crippen molar-refractivity contribution in [3.8, 4) is 17.4 Å². The molecule has 1 amide bonds. The summed E-state index contributed by atoms with van der Waals surface area (Å²) in [5, 5.41) is 0.546. The van der Waals surface area contributed by atoms with Crippen molar-refractivity contribution in [3.63, 3.8) is 0 Å². The quantitative estimate of drug-likeness (QED) is 0.519. The number of pyridine rings is 2. The Labute approximate surface area is 192 Å². The molecule has 2 aromatic heterocycles. The van der Waals surface area contributed by atoms with E-state index >= 15 is 0 Å². The van der Waals surface area contributed by atoms with Gasteiger partial charge >= 0.3 is 6.09 Å². The van der Waals surface area contributed by atoms with Crippen LogP contribution in [0.2, 0.25) is 5.02 Å². The molecule has 1 aliphatic heterocycles. The summed E-state index contributed by atoms with van der Waals surface area (Å²) in [4.78, 5) is 24.9. The van der Waals surface area contributed by atoms with E-state index in [0.717, 1.165) is 32.5 Å². The van der Waals surface area contributed by atoms with Gasteiger partial charge in [-0.25, -0.2) is 9.78 Å². The number of hydrogen-bond acceptors (Lipinski definition) is 6. The zero-order valence-electron chi connectivity index (χ0n) is 17.7. The van der Waals surface area contributed by atoms with Crippen LogP contribution in [0.4, 0.5) is 4.79 Å². The third-order valence-corrected chi connectivity index (χ3v) is 5.47. The third kappa shape index (κ3) is 6.42. The maximum atomic E-state index is 12.5. The van der Waals surface area contributed by atoms with E-state index in [1.165, 1.54) is 11.8 Å². The van der Waals surface area contributed by atoms with Crippen molar-refractivity contribution in [1.82, 2.24) is 19.8 Å². The average molecular weight is 453 g/mol. The highest BCUT2D eigenvalue weighted by Crippen LogP contribution is 2.23. The number of aromatic nitrogens is 2. The van der Waals surface area contributed by atoms with Gasteiger partial charge in [-0.1, -0.05) is 17.7 Å². The topological polar surface area (TPSA) is 67.8 Å². The minimum absolute atomic E-state index is 0.326. The predicted octanol–water partition coefficient (Wildman–Crippen LogP) is 4.67. The smallest absolute Gasteiger partial charge is 0.415 e. The zero-order valence-corrected chi connectivity index (χ0v) is 18.4. The van der Waals surface area contributed by atoms with Crippen LogP contribution in [0.25, 0.3) is 0 Å². The Morgan fingerprint density at radius 2 is 1.75 bits per heavy atom. The van der Waals surface area contributed by atoms with E-state index in [4.69, 9.17) is 21.1 Å². The van der Waals surface area contributed by atoms with Gasteiger partial charge in [-0.15, -0.1) is 0 Å². The molecule has 8 heteroatoms. The van der Waals surface area contributed by atoms with E-state index in [1.54, 1.807) is 47.5 Å². The highest BCUT2D eigenvalue weighted by atomic mass is 35.5. The van der Waals surface area contributed by atoms with Gasteiger partial charge in [0.25, 0.3) is 0 Å². The largest absolute Gasteiger partial charge is 0.439 e. The molecule has 0 atom stereocenters. The molecule has 3 heterocycles. The van der Waals surface area contributed by atoms with E-state index in [9.17, 15) is 4.79 Å². The van der Waals surface area contributed by atoms with Gasteiger partial charge in [0.2, 0.25) is 5.88 Å². The van der Waals surface area contributed by atoms with Crippen molar-refractivity contribution < 1.29 is 14.3 Å². The Morgan fingerprint density at radius 1 is 0.969 bits per heavy atom. The van der Waals surface area contributed by atoms with Crippen LogP contribution < -0.4 is 9.47 Å². The molecule has 0 unspecified atom stereocenters. The van der Waals surface area contributed by atoms with Crippen molar-refractivity contribution >= 4 is 17.7 Å². The van der Waals surface area contributed by atoms with Gasteiger partial charge in [-0.2, -0.15) is 0 Å². The summed E-state index contributed by atoms with van der Waals surface area (Å²) < 4.78 is 11.2. The first-order valence-corrected chi connectivity index (χ1v) is 11.0. The van der Waals surface area contributed by atoms with Gasteiger partial charge in [-0.05, 0) is 61.3 Å². The van der Waals surface area contributed by atoms with Crippen molar-refractivity contribution in [2.24, 2.45) is 0 Å². The van der Waals surface area contributed by atoms with Gasteiger partial charge < -0.3 is 14.4 Å². The summed E-state index contributed by atoms with van der Waals surface area (Å²) >= 11 is 5.83. The molecular formula is C24H25ClN4O3. The summed E-state index contributed by atoms with van der Waals surface area (Å²) in [5.74, 6) is 1.52. The van der Waals surface area contributed by atoms with E-state index in [0.29, 0.717) is 35.5 Å². The molecule has 0 saturated carbocycles. The number of ether oxygens (including phenoxy) is 2. The summed E-state index contributed by atoms with van der Waals surface area (Å²) in [6.45, 7) is 4.04. The number of carbonyl (C=O) groups is 1. The van der Waals surface area contributed by atoms with E-state index < -0.39 is 0 Å². The molecular weight excluding hydrogens is 428 g/mol. The highest BCUT2D eigenvalue weighted by Gasteiger charge is 2.22. The summed E-state index contributed by atoms with van der Waals surface area (Å²) in [5.41, 5.74) is 1.26. The van der Waals surface area contributed by atoms with Gasteiger partial charge in [0.1, 0.15) is 11.5 Å². The average Bonchev–Trinajstić information content (AvgIpc) is 2.83. The van der Waals surface area contributed by atoms with Crippen LogP contribution >= 0.6 is 11.6 Å². The molecule has 1 aromatic carbocycles. The van der Waals surface area contributed by atoms with Gasteiger partial charge in [-0.3, -0.25) is 9.88 Å². The van der Waals surface area contributed by atoms with Crippen molar-refractivity contribution in [1.29, 1.82) is 0 Å². The number of benzene rings is 1. The molecule has 1 saturated heterocycles. The molecule has 0 N–H and O–H groups in total. The molecule has 0 bridgehead atoms. The Bertz CT molecular complexity index is 992. The number of halogens is 1. The maximum absolute atomic E-state index is 12.5. The lowest BCUT2D eigenvalue weighted by molar-refractivity contribution is 0.110. The molecule has 166 valence electrons. The Morgan fingerprint density at radius 3 is 2.44 bits per heavy atom. The Balaban J connectivity index is 1.18. The van der Waals surface area contributed by atoms with Crippen molar-refractivity contribution in [3.05, 3.63) is 77.7 Å². The molecule has 32 heavy (non-hydrogen) atoms. The normalized spacial score (nSPS) is 14.2. The Hall–Kier alpha value is -3.16. The first-order valence-electron chi connectivity index (χ1n) is 10.6. The lowest BCUT2D eigenvalue weighted by atomic mass is 10.1. The fourth-order valence-corrected chi connectivity index (χ4v) is 3.60. The lowest BCUT2D eigenvalue weighted by Gasteiger charge is -2.34.